The highest BCUT2D eigenvalue weighted by Crippen LogP contribution is 2.51. The second kappa shape index (κ2) is 4.07. The summed E-state index contributed by atoms with van der Waals surface area (Å²) in [5, 5.41) is 22.7. The number of hydrogen-bond donors (Lipinski definition) is 2. The lowest BCUT2D eigenvalue weighted by atomic mass is 9.92. The van der Waals surface area contributed by atoms with Crippen LogP contribution in [0.3, 0.4) is 0 Å². The summed E-state index contributed by atoms with van der Waals surface area (Å²) in [6, 6.07) is 0. The van der Waals surface area contributed by atoms with Crippen LogP contribution in [0.15, 0.2) is 18.4 Å². The van der Waals surface area contributed by atoms with Gasteiger partial charge in [0.2, 0.25) is 5.91 Å². The third kappa shape index (κ3) is 1.58. The van der Waals surface area contributed by atoms with E-state index in [0.717, 1.165) is 0 Å². The number of carboxylic acids is 1. The largest absolute Gasteiger partial charge is 0.476 e. The highest BCUT2D eigenvalue weighted by Gasteiger charge is 2.58. The number of fused-ring (bicyclic) bond motifs is 1. The molecule has 2 unspecified atom stereocenters. The first kappa shape index (κ1) is 12.2. The van der Waals surface area contributed by atoms with Gasteiger partial charge in [0.15, 0.2) is 5.70 Å². The molecular weight excluding hydrogens is 272 g/mol. The molecule has 3 rings (SSSR count). The maximum Gasteiger partial charge on any atom is 0.355 e. The highest BCUT2D eigenvalue weighted by atomic mass is 32.2. The van der Waals surface area contributed by atoms with E-state index in [9.17, 15) is 19.8 Å². The fourth-order valence-electron chi connectivity index (χ4n) is 2.24. The zero-order valence-corrected chi connectivity index (χ0v) is 10.6. The van der Waals surface area contributed by atoms with Gasteiger partial charge < -0.3 is 10.2 Å². The number of aliphatic hydroxyl groups excluding tert-OH is 1. The molecule has 0 radical (unpaired) electrons. The van der Waals surface area contributed by atoms with E-state index in [-0.39, 0.29) is 11.6 Å². The SMILES string of the molecule is CC(O)C1C(=O)N2C(C(=O)O)=C(n3cncn3)S[C@H]12. The molecule has 3 atom stereocenters. The van der Waals surface area contributed by atoms with Crippen molar-refractivity contribution < 1.29 is 19.8 Å². The first-order chi connectivity index (χ1) is 9.02. The van der Waals surface area contributed by atoms with Crippen LogP contribution in [0.4, 0.5) is 0 Å². The molecule has 1 amide bonds. The summed E-state index contributed by atoms with van der Waals surface area (Å²) in [6.07, 6.45) is 1.85. The Balaban J connectivity index is 2.01. The number of nitrogens with zero attached hydrogens (tertiary/aromatic N) is 4. The number of carbonyl (C=O) groups is 2. The van der Waals surface area contributed by atoms with E-state index < -0.39 is 23.4 Å². The van der Waals surface area contributed by atoms with Crippen LogP contribution in [0.1, 0.15) is 6.92 Å². The number of hydrogen-bond acceptors (Lipinski definition) is 6. The van der Waals surface area contributed by atoms with Crippen LogP contribution in [0.5, 0.6) is 0 Å². The number of thioether (sulfide) groups is 1. The minimum absolute atomic E-state index is 0.109. The second-order valence-corrected chi connectivity index (χ2v) is 5.39. The summed E-state index contributed by atoms with van der Waals surface area (Å²) in [6.45, 7) is 1.52. The second-order valence-electron chi connectivity index (χ2n) is 4.28. The van der Waals surface area contributed by atoms with Gasteiger partial charge in [-0.05, 0) is 6.92 Å². The van der Waals surface area contributed by atoms with Crippen LogP contribution >= 0.6 is 11.8 Å². The molecule has 1 fully saturated rings. The number of β-lactam (4-membered cyclic amide) rings is 1. The topological polar surface area (TPSA) is 109 Å². The van der Waals surface area contributed by atoms with E-state index >= 15 is 0 Å². The average molecular weight is 282 g/mol. The Morgan fingerprint density at radius 2 is 2.32 bits per heavy atom. The van der Waals surface area contributed by atoms with E-state index in [4.69, 9.17) is 0 Å². The predicted octanol–water partition coefficient (Wildman–Crippen LogP) is -0.599. The number of carbonyl (C=O) groups excluding carboxylic acids is 1. The molecule has 0 bridgehead atoms. The molecule has 0 spiro atoms. The number of carboxylic acid groups (broad SMARTS) is 1. The van der Waals surface area contributed by atoms with Gasteiger partial charge in [0.25, 0.3) is 0 Å². The monoisotopic (exact) mass is 282 g/mol. The molecule has 2 aliphatic heterocycles. The normalized spacial score (nSPS) is 27.3. The lowest BCUT2D eigenvalue weighted by Gasteiger charge is -2.43. The maximum absolute atomic E-state index is 11.9. The van der Waals surface area contributed by atoms with Crippen molar-refractivity contribution in [3.8, 4) is 0 Å². The smallest absolute Gasteiger partial charge is 0.355 e. The third-order valence-electron chi connectivity index (χ3n) is 3.11. The minimum atomic E-state index is -1.20. The Morgan fingerprint density at radius 1 is 1.58 bits per heavy atom. The third-order valence-corrected chi connectivity index (χ3v) is 4.46. The maximum atomic E-state index is 11.9. The van der Waals surface area contributed by atoms with Gasteiger partial charge in [-0.15, -0.1) is 0 Å². The minimum Gasteiger partial charge on any atom is -0.476 e. The van der Waals surface area contributed by atoms with Gasteiger partial charge in [0.05, 0.1) is 12.0 Å². The summed E-state index contributed by atoms with van der Waals surface area (Å²) in [5.74, 6) is -2.15. The first-order valence-corrected chi connectivity index (χ1v) is 6.40. The van der Waals surface area contributed by atoms with Crippen molar-refractivity contribution >= 4 is 28.7 Å². The van der Waals surface area contributed by atoms with Crippen LogP contribution in [-0.2, 0) is 9.59 Å². The zero-order valence-electron chi connectivity index (χ0n) is 9.79. The van der Waals surface area contributed by atoms with Gasteiger partial charge in [0, 0.05) is 0 Å². The summed E-state index contributed by atoms with van der Waals surface area (Å²) in [4.78, 5) is 28.2. The summed E-state index contributed by atoms with van der Waals surface area (Å²) >= 11 is 1.20. The van der Waals surface area contributed by atoms with Crippen LogP contribution in [0.25, 0.3) is 5.03 Å². The predicted molar refractivity (Wildman–Crippen MR) is 64.3 cm³/mol. The molecular formula is C10H10N4O4S. The summed E-state index contributed by atoms with van der Waals surface area (Å²) in [5.41, 5.74) is -0.109. The first-order valence-electron chi connectivity index (χ1n) is 5.52. The van der Waals surface area contributed by atoms with Crippen molar-refractivity contribution in [2.45, 2.75) is 18.4 Å². The molecule has 1 saturated heterocycles. The number of aliphatic hydroxyl groups is 1. The summed E-state index contributed by atoms with van der Waals surface area (Å²) in [7, 11) is 0. The Bertz CT molecular complexity index is 582. The molecule has 2 aliphatic rings. The molecule has 2 N–H and O–H groups in total. The number of aromatic nitrogens is 3. The van der Waals surface area contributed by atoms with E-state index in [0.29, 0.717) is 5.03 Å². The van der Waals surface area contributed by atoms with Crippen molar-refractivity contribution in [1.29, 1.82) is 0 Å². The molecule has 0 aliphatic carbocycles. The zero-order chi connectivity index (χ0) is 13.7. The van der Waals surface area contributed by atoms with Gasteiger partial charge in [-0.1, -0.05) is 11.8 Å². The fraction of sp³-hybridized carbons (Fsp3) is 0.400. The standard InChI is InChI=1S/C10H10N4O4S/c1-4(15)5-7(16)14-6(10(17)18)9(19-8(5)14)13-3-11-2-12-13/h2-5,8,15H,1H3,(H,17,18)/t4?,5?,8-/m1/s1. The number of amides is 1. The molecule has 0 aromatic carbocycles. The number of aliphatic carboxylic acids is 1. The van der Waals surface area contributed by atoms with E-state index in [2.05, 4.69) is 10.1 Å². The molecule has 100 valence electrons. The van der Waals surface area contributed by atoms with Crippen LogP contribution in [0.2, 0.25) is 0 Å². The molecule has 1 aromatic rings. The summed E-state index contributed by atoms with van der Waals surface area (Å²) < 4.78 is 1.32. The quantitative estimate of drug-likeness (QED) is 0.712. The van der Waals surface area contributed by atoms with Gasteiger partial charge in [-0.3, -0.25) is 9.69 Å². The van der Waals surface area contributed by atoms with Crippen molar-refractivity contribution in [3.05, 3.63) is 18.4 Å². The Hall–Kier alpha value is -1.87. The lowest BCUT2D eigenvalue weighted by Crippen LogP contribution is -2.60. The molecule has 9 heteroatoms. The van der Waals surface area contributed by atoms with Crippen molar-refractivity contribution in [2.24, 2.45) is 5.92 Å². The molecule has 0 saturated carbocycles. The van der Waals surface area contributed by atoms with Crippen molar-refractivity contribution in [3.63, 3.8) is 0 Å². The Labute approximate surface area is 111 Å². The molecule has 3 heterocycles. The van der Waals surface area contributed by atoms with Gasteiger partial charge in [0.1, 0.15) is 23.1 Å². The van der Waals surface area contributed by atoms with E-state index in [1.807, 2.05) is 0 Å². The van der Waals surface area contributed by atoms with Crippen molar-refractivity contribution in [2.75, 3.05) is 0 Å². The molecule has 8 nitrogen and oxygen atoms in total. The van der Waals surface area contributed by atoms with Gasteiger partial charge in [-0.2, -0.15) is 5.10 Å². The molecule has 19 heavy (non-hydrogen) atoms. The van der Waals surface area contributed by atoms with Gasteiger partial charge in [-0.25, -0.2) is 14.5 Å². The van der Waals surface area contributed by atoms with E-state index in [1.165, 1.54) is 40.9 Å². The average Bonchev–Trinajstić information content (AvgIpc) is 2.92. The molecule has 1 aromatic heterocycles. The van der Waals surface area contributed by atoms with Gasteiger partial charge >= 0.3 is 5.97 Å². The van der Waals surface area contributed by atoms with Crippen LogP contribution < -0.4 is 0 Å². The Kier molecular flexibility index (Phi) is 2.61. The lowest BCUT2D eigenvalue weighted by molar-refractivity contribution is -0.156. The number of rotatable bonds is 3. The van der Waals surface area contributed by atoms with Crippen molar-refractivity contribution in [1.82, 2.24) is 19.7 Å². The van der Waals surface area contributed by atoms with Crippen LogP contribution in [0, 0.1) is 5.92 Å². The van der Waals surface area contributed by atoms with Crippen LogP contribution in [-0.4, -0.2) is 53.2 Å². The Morgan fingerprint density at radius 3 is 2.84 bits per heavy atom. The fourth-order valence-corrected chi connectivity index (χ4v) is 3.77. The highest BCUT2D eigenvalue weighted by molar-refractivity contribution is 8.08. The van der Waals surface area contributed by atoms with E-state index in [1.54, 1.807) is 0 Å².